The SMILES string of the molecule is c1ccc(-c2nc3c4c5c(sc4nc(N4CCOCC4)n3n2)CCC5)cc1. The van der Waals surface area contributed by atoms with Gasteiger partial charge in [0.1, 0.15) is 4.83 Å². The smallest absolute Gasteiger partial charge is 0.230 e. The van der Waals surface area contributed by atoms with Crippen LogP contribution in [0, 0.1) is 0 Å². The molecule has 136 valence electrons. The van der Waals surface area contributed by atoms with E-state index in [0.29, 0.717) is 0 Å². The van der Waals surface area contributed by atoms with Crippen LogP contribution < -0.4 is 4.90 Å². The zero-order chi connectivity index (χ0) is 17.8. The summed E-state index contributed by atoms with van der Waals surface area (Å²) in [4.78, 5) is 14.9. The molecule has 27 heavy (non-hydrogen) atoms. The van der Waals surface area contributed by atoms with Crippen molar-refractivity contribution >= 4 is 33.1 Å². The third-order valence-corrected chi connectivity index (χ3v) is 6.64. The summed E-state index contributed by atoms with van der Waals surface area (Å²) in [5.41, 5.74) is 3.42. The number of fused-ring (bicyclic) bond motifs is 5. The van der Waals surface area contributed by atoms with Gasteiger partial charge in [0.25, 0.3) is 0 Å². The monoisotopic (exact) mass is 377 g/mol. The summed E-state index contributed by atoms with van der Waals surface area (Å²) in [7, 11) is 0. The van der Waals surface area contributed by atoms with Crippen molar-refractivity contribution in [3.63, 3.8) is 0 Å². The van der Waals surface area contributed by atoms with E-state index in [0.717, 1.165) is 67.0 Å². The Bertz CT molecular complexity index is 1140. The van der Waals surface area contributed by atoms with E-state index in [1.165, 1.54) is 22.2 Å². The van der Waals surface area contributed by atoms with Crippen molar-refractivity contribution in [2.75, 3.05) is 31.2 Å². The average molecular weight is 377 g/mol. The van der Waals surface area contributed by atoms with E-state index >= 15 is 0 Å². The maximum atomic E-state index is 5.53. The second-order valence-electron chi connectivity index (χ2n) is 7.09. The first-order chi connectivity index (χ1) is 13.4. The second-order valence-corrected chi connectivity index (χ2v) is 8.17. The van der Waals surface area contributed by atoms with Gasteiger partial charge in [-0.1, -0.05) is 30.3 Å². The molecule has 4 heterocycles. The molecule has 7 heteroatoms. The Morgan fingerprint density at radius 3 is 2.70 bits per heavy atom. The quantitative estimate of drug-likeness (QED) is 0.536. The van der Waals surface area contributed by atoms with E-state index in [-0.39, 0.29) is 0 Å². The highest BCUT2D eigenvalue weighted by atomic mass is 32.1. The number of rotatable bonds is 2. The van der Waals surface area contributed by atoms with Crippen molar-refractivity contribution in [1.29, 1.82) is 0 Å². The molecule has 0 unspecified atom stereocenters. The largest absolute Gasteiger partial charge is 0.378 e. The molecule has 0 bridgehead atoms. The third kappa shape index (κ3) is 2.38. The number of benzene rings is 1. The lowest BCUT2D eigenvalue weighted by atomic mass is 10.2. The first-order valence-electron chi connectivity index (χ1n) is 9.47. The number of ether oxygens (including phenoxy) is 1. The average Bonchev–Trinajstić information content (AvgIpc) is 3.42. The summed E-state index contributed by atoms with van der Waals surface area (Å²) in [5, 5.41) is 6.09. The van der Waals surface area contributed by atoms with E-state index in [4.69, 9.17) is 19.8 Å². The van der Waals surface area contributed by atoms with Crippen LogP contribution in [-0.2, 0) is 17.6 Å². The van der Waals surface area contributed by atoms with Gasteiger partial charge in [0.2, 0.25) is 5.95 Å². The lowest BCUT2D eigenvalue weighted by molar-refractivity contribution is 0.122. The van der Waals surface area contributed by atoms with E-state index < -0.39 is 0 Å². The molecule has 0 radical (unpaired) electrons. The van der Waals surface area contributed by atoms with Gasteiger partial charge in [-0.3, -0.25) is 0 Å². The normalized spacial score (nSPS) is 17.1. The van der Waals surface area contributed by atoms with Gasteiger partial charge in [-0.05, 0) is 24.8 Å². The summed E-state index contributed by atoms with van der Waals surface area (Å²) < 4.78 is 7.49. The van der Waals surface area contributed by atoms with Crippen molar-refractivity contribution in [3.8, 4) is 11.4 Å². The third-order valence-electron chi connectivity index (χ3n) is 5.45. The molecule has 3 aromatic heterocycles. The number of anilines is 1. The summed E-state index contributed by atoms with van der Waals surface area (Å²) in [5.74, 6) is 1.65. The van der Waals surface area contributed by atoms with Gasteiger partial charge in [-0.25, -0.2) is 9.97 Å². The van der Waals surface area contributed by atoms with Gasteiger partial charge >= 0.3 is 0 Å². The fourth-order valence-electron chi connectivity index (χ4n) is 4.13. The van der Waals surface area contributed by atoms with Crippen LogP contribution in [0.25, 0.3) is 27.3 Å². The minimum atomic E-state index is 0.725. The molecule has 0 spiro atoms. The van der Waals surface area contributed by atoms with E-state index in [1.54, 1.807) is 0 Å². The number of hydrogen-bond donors (Lipinski definition) is 0. The Labute approximate surface area is 160 Å². The van der Waals surface area contributed by atoms with Gasteiger partial charge in [-0.2, -0.15) is 4.52 Å². The molecule has 1 saturated heterocycles. The molecule has 6 rings (SSSR count). The van der Waals surface area contributed by atoms with Crippen LogP contribution in [0.2, 0.25) is 0 Å². The highest BCUT2D eigenvalue weighted by Crippen LogP contribution is 2.39. The second kappa shape index (κ2) is 6.00. The Kier molecular flexibility index (Phi) is 3.45. The first-order valence-corrected chi connectivity index (χ1v) is 10.3. The van der Waals surface area contributed by atoms with E-state index in [9.17, 15) is 0 Å². The van der Waals surface area contributed by atoms with Crippen molar-refractivity contribution in [2.45, 2.75) is 19.3 Å². The summed E-state index contributed by atoms with van der Waals surface area (Å²) in [6.45, 7) is 3.11. The van der Waals surface area contributed by atoms with Crippen molar-refractivity contribution in [2.24, 2.45) is 0 Å². The predicted octanol–water partition coefficient (Wildman–Crippen LogP) is 3.33. The maximum absolute atomic E-state index is 5.53. The highest BCUT2D eigenvalue weighted by molar-refractivity contribution is 7.19. The number of nitrogens with zero attached hydrogens (tertiary/aromatic N) is 5. The van der Waals surface area contributed by atoms with Gasteiger partial charge < -0.3 is 9.64 Å². The Balaban J connectivity index is 1.64. The Morgan fingerprint density at radius 1 is 1.00 bits per heavy atom. The van der Waals surface area contributed by atoms with Crippen LogP contribution in [0.3, 0.4) is 0 Å². The molecule has 0 atom stereocenters. The van der Waals surface area contributed by atoms with Crippen molar-refractivity contribution in [1.82, 2.24) is 19.6 Å². The van der Waals surface area contributed by atoms with Gasteiger partial charge in [0, 0.05) is 23.5 Å². The number of hydrogen-bond acceptors (Lipinski definition) is 6. The molecule has 4 aromatic rings. The molecular weight excluding hydrogens is 358 g/mol. The number of thiophene rings is 1. The fourth-order valence-corrected chi connectivity index (χ4v) is 5.38. The standard InChI is InChI=1S/C20H19N5OS/c1-2-5-13(6-3-1)17-21-18-16-14-7-4-8-15(14)27-19(16)22-20(25(18)23-17)24-9-11-26-12-10-24/h1-3,5-6H,4,7-12H2. The molecule has 1 aromatic carbocycles. The Morgan fingerprint density at radius 2 is 1.85 bits per heavy atom. The molecule has 1 aliphatic carbocycles. The zero-order valence-corrected chi connectivity index (χ0v) is 15.7. The summed E-state index contributed by atoms with van der Waals surface area (Å²) in [6.07, 6.45) is 3.51. The summed E-state index contributed by atoms with van der Waals surface area (Å²) in [6, 6.07) is 10.2. The van der Waals surface area contributed by atoms with Crippen molar-refractivity contribution < 1.29 is 4.74 Å². The minimum Gasteiger partial charge on any atom is -0.378 e. The van der Waals surface area contributed by atoms with Crippen LogP contribution in [0.4, 0.5) is 5.95 Å². The lowest BCUT2D eigenvalue weighted by Crippen LogP contribution is -2.38. The zero-order valence-electron chi connectivity index (χ0n) is 14.9. The molecule has 1 fully saturated rings. The van der Waals surface area contributed by atoms with Crippen LogP contribution in [0.1, 0.15) is 16.9 Å². The van der Waals surface area contributed by atoms with Crippen molar-refractivity contribution in [3.05, 3.63) is 40.8 Å². The van der Waals surface area contributed by atoms with Gasteiger partial charge in [0.05, 0.1) is 18.6 Å². The first kappa shape index (κ1) is 15.5. The Hall–Kier alpha value is -2.51. The van der Waals surface area contributed by atoms with Crippen LogP contribution >= 0.6 is 11.3 Å². The molecule has 2 aliphatic rings. The lowest BCUT2D eigenvalue weighted by Gasteiger charge is -2.27. The molecule has 1 aliphatic heterocycles. The molecule has 0 N–H and O–H groups in total. The van der Waals surface area contributed by atoms with Gasteiger partial charge in [0.15, 0.2) is 11.5 Å². The van der Waals surface area contributed by atoms with E-state index in [1.807, 2.05) is 34.1 Å². The number of morpholine rings is 1. The van der Waals surface area contributed by atoms with Gasteiger partial charge in [-0.15, -0.1) is 16.4 Å². The molecule has 0 amide bonds. The predicted molar refractivity (Wildman–Crippen MR) is 107 cm³/mol. The summed E-state index contributed by atoms with van der Waals surface area (Å²) >= 11 is 1.83. The van der Waals surface area contributed by atoms with E-state index in [2.05, 4.69) is 17.0 Å². The molecule has 6 nitrogen and oxygen atoms in total. The fraction of sp³-hybridized carbons (Fsp3) is 0.350. The van der Waals surface area contributed by atoms with Crippen LogP contribution in [0.5, 0.6) is 0 Å². The highest BCUT2D eigenvalue weighted by Gasteiger charge is 2.26. The van der Waals surface area contributed by atoms with Crippen LogP contribution in [0.15, 0.2) is 30.3 Å². The number of aromatic nitrogens is 4. The topological polar surface area (TPSA) is 55.5 Å². The number of aryl methyl sites for hydroxylation is 2. The molecule has 0 saturated carbocycles. The minimum absolute atomic E-state index is 0.725. The molecular formula is C20H19N5OS. The van der Waals surface area contributed by atoms with Crippen LogP contribution in [-0.4, -0.2) is 45.9 Å². The maximum Gasteiger partial charge on any atom is 0.230 e.